The number of aromatic hydroxyl groups is 2. The molecule has 4 rings (SSSR count). The number of aromatic nitrogens is 1. The number of rotatable bonds is 7. The molecule has 0 spiro atoms. The van der Waals surface area contributed by atoms with Crippen LogP contribution in [0, 0.1) is 11.6 Å². The van der Waals surface area contributed by atoms with Gasteiger partial charge in [-0.05, 0) is 59.5 Å². The second kappa shape index (κ2) is 9.66. The molecular weight excluding hydrogens is 444 g/mol. The van der Waals surface area contributed by atoms with Crippen LogP contribution in [0.25, 0.3) is 0 Å². The number of carbonyl (C=O) groups is 1. The molecular formula is C26H21F2NO5. The van der Waals surface area contributed by atoms with Crippen molar-refractivity contribution in [2.75, 3.05) is 7.11 Å². The minimum atomic E-state index is -0.798. The van der Waals surface area contributed by atoms with Crippen LogP contribution in [0.1, 0.15) is 32.6 Å². The van der Waals surface area contributed by atoms with Crippen molar-refractivity contribution in [3.05, 3.63) is 112 Å². The van der Waals surface area contributed by atoms with Crippen molar-refractivity contribution in [1.29, 1.82) is 0 Å². The molecule has 0 aliphatic rings. The van der Waals surface area contributed by atoms with Crippen molar-refractivity contribution in [2.24, 2.45) is 0 Å². The lowest BCUT2D eigenvalue weighted by Crippen LogP contribution is -2.19. The molecule has 0 radical (unpaired) electrons. The monoisotopic (exact) mass is 465 g/mol. The van der Waals surface area contributed by atoms with Crippen molar-refractivity contribution >= 4 is 5.97 Å². The van der Waals surface area contributed by atoms with Crippen molar-refractivity contribution in [2.45, 2.75) is 12.8 Å². The third-order valence-corrected chi connectivity index (χ3v) is 5.31. The highest BCUT2D eigenvalue weighted by Gasteiger charge is 2.15. The zero-order chi connectivity index (χ0) is 24.2. The Bertz CT molecular complexity index is 1270. The van der Waals surface area contributed by atoms with Gasteiger partial charge in [0.05, 0.1) is 12.7 Å². The summed E-state index contributed by atoms with van der Waals surface area (Å²) >= 11 is 0. The first kappa shape index (κ1) is 22.8. The second-order valence-electron chi connectivity index (χ2n) is 7.66. The summed E-state index contributed by atoms with van der Waals surface area (Å²) in [6.45, 7) is 0. The Morgan fingerprint density at radius 2 is 1.32 bits per heavy atom. The van der Waals surface area contributed by atoms with Gasteiger partial charge in [-0.1, -0.05) is 24.3 Å². The molecule has 1 heterocycles. The molecule has 34 heavy (non-hydrogen) atoms. The maximum Gasteiger partial charge on any atom is 0.363 e. The number of carbonyl (C=O) groups excluding carboxylic acids is 1. The summed E-state index contributed by atoms with van der Waals surface area (Å²) in [7, 11) is 1.55. The van der Waals surface area contributed by atoms with Crippen molar-refractivity contribution in [1.82, 2.24) is 4.73 Å². The van der Waals surface area contributed by atoms with Gasteiger partial charge in [-0.3, -0.25) is 0 Å². The summed E-state index contributed by atoms with van der Waals surface area (Å²) in [6, 6.07) is 18.2. The lowest BCUT2D eigenvalue weighted by atomic mass is 9.98. The molecule has 0 saturated heterocycles. The topological polar surface area (TPSA) is 80.9 Å². The first-order chi connectivity index (χ1) is 16.3. The van der Waals surface area contributed by atoms with E-state index >= 15 is 0 Å². The number of halogens is 2. The van der Waals surface area contributed by atoms with E-state index in [-0.39, 0.29) is 24.0 Å². The molecule has 0 fully saturated rings. The van der Waals surface area contributed by atoms with Gasteiger partial charge >= 0.3 is 5.97 Å². The lowest BCUT2D eigenvalue weighted by molar-refractivity contribution is 0.0381. The van der Waals surface area contributed by atoms with Crippen molar-refractivity contribution < 1.29 is 33.4 Å². The summed E-state index contributed by atoms with van der Waals surface area (Å²) < 4.78 is 35.1. The average Bonchev–Trinajstić information content (AvgIpc) is 3.14. The fraction of sp³-hybridized carbons (Fsp3) is 0.115. The Hall–Kier alpha value is -4.33. The van der Waals surface area contributed by atoms with E-state index in [0.29, 0.717) is 16.0 Å². The molecule has 8 heteroatoms. The minimum Gasteiger partial charge on any atom is -0.497 e. The fourth-order valence-corrected chi connectivity index (χ4v) is 3.50. The Kier molecular flexibility index (Phi) is 6.49. The second-order valence-corrected chi connectivity index (χ2v) is 7.66. The van der Waals surface area contributed by atoms with E-state index in [9.17, 15) is 23.8 Å². The Morgan fingerprint density at radius 3 is 1.88 bits per heavy atom. The van der Waals surface area contributed by atoms with Gasteiger partial charge in [-0.2, -0.15) is 0 Å². The van der Waals surface area contributed by atoms with Gasteiger partial charge in [0.1, 0.15) is 17.4 Å². The van der Waals surface area contributed by atoms with E-state index in [4.69, 9.17) is 9.57 Å². The Morgan fingerprint density at radius 1 is 0.794 bits per heavy atom. The number of methoxy groups -OCH3 is 1. The molecule has 2 N–H and O–H groups in total. The molecule has 174 valence electrons. The van der Waals surface area contributed by atoms with Gasteiger partial charge in [-0.15, -0.1) is 4.73 Å². The van der Waals surface area contributed by atoms with E-state index in [2.05, 4.69) is 0 Å². The highest BCUT2D eigenvalue weighted by Crippen LogP contribution is 2.23. The molecule has 6 nitrogen and oxygen atoms in total. The SMILES string of the molecule is COc1ccc(Cc2c(F)cc(Cc3ccc(C(=O)On4c(O)ccc4O)cc3)cc2F)cc1. The molecule has 0 aliphatic heterocycles. The van der Waals surface area contributed by atoms with Crippen molar-refractivity contribution in [3.8, 4) is 17.5 Å². The van der Waals surface area contributed by atoms with Crippen LogP contribution in [0.2, 0.25) is 0 Å². The molecule has 0 bridgehead atoms. The molecule has 0 atom stereocenters. The number of hydrogen-bond acceptors (Lipinski definition) is 5. The maximum absolute atomic E-state index is 14.7. The summed E-state index contributed by atoms with van der Waals surface area (Å²) in [6.07, 6.45) is 0.371. The van der Waals surface area contributed by atoms with E-state index in [1.165, 1.54) is 36.4 Å². The van der Waals surface area contributed by atoms with Crippen LogP contribution < -0.4 is 9.57 Å². The van der Waals surface area contributed by atoms with Crippen LogP contribution in [-0.4, -0.2) is 28.0 Å². The highest BCUT2D eigenvalue weighted by atomic mass is 19.1. The van der Waals surface area contributed by atoms with Crippen LogP contribution in [0.5, 0.6) is 17.5 Å². The predicted octanol–water partition coefficient (Wildman–Crippen LogP) is 4.64. The predicted molar refractivity (Wildman–Crippen MR) is 120 cm³/mol. The van der Waals surface area contributed by atoms with Gasteiger partial charge in [0.2, 0.25) is 11.8 Å². The number of hydrogen-bond donors (Lipinski definition) is 2. The highest BCUT2D eigenvalue weighted by molar-refractivity contribution is 5.89. The Balaban J connectivity index is 1.44. The molecule has 0 aliphatic carbocycles. The normalized spacial score (nSPS) is 10.8. The number of nitrogens with zero attached hydrogens (tertiary/aromatic N) is 1. The number of benzene rings is 3. The average molecular weight is 465 g/mol. The Labute approximate surface area is 194 Å². The van der Waals surface area contributed by atoms with Crippen LogP contribution in [0.15, 0.2) is 72.8 Å². The third kappa shape index (κ3) is 5.01. The summed E-state index contributed by atoms with van der Waals surface area (Å²) in [5.41, 5.74) is 2.10. The van der Waals surface area contributed by atoms with E-state index in [1.807, 2.05) is 0 Å². The van der Waals surface area contributed by atoms with E-state index in [1.54, 1.807) is 43.5 Å². The van der Waals surface area contributed by atoms with Crippen LogP contribution in [0.4, 0.5) is 8.78 Å². The van der Waals surface area contributed by atoms with E-state index < -0.39 is 29.4 Å². The zero-order valence-corrected chi connectivity index (χ0v) is 18.2. The minimum absolute atomic E-state index is 0.0106. The van der Waals surface area contributed by atoms with Crippen LogP contribution in [0.3, 0.4) is 0 Å². The molecule has 3 aromatic carbocycles. The molecule has 0 saturated carbocycles. The molecule has 0 amide bonds. The van der Waals surface area contributed by atoms with E-state index in [0.717, 1.165) is 11.1 Å². The third-order valence-electron chi connectivity index (χ3n) is 5.31. The van der Waals surface area contributed by atoms with Gasteiger partial charge in [0.15, 0.2) is 0 Å². The molecule has 0 unspecified atom stereocenters. The van der Waals surface area contributed by atoms with Crippen LogP contribution >= 0.6 is 0 Å². The fourth-order valence-electron chi connectivity index (χ4n) is 3.50. The summed E-state index contributed by atoms with van der Waals surface area (Å²) in [4.78, 5) is 17.2. The quantitative estimate of drug-likeness (QED) is 0.416. The summed E-state index contributed by atoms with van der Waals surface area (Å²) in [5, 5.41) is 19.1. The van der Waals surface area contributed by atoms with Gasteiger partial charge in [0, 0.05) is 24.1 Å². The lowest BCUT2D eigenvalue weighted by Gasteiger charge is -2.10. The smallest absolute Gasteiger partial charge is 0.363 e. The first-order valence-corrected chi connectivity index (χ1v) is 10.3. The largest absolute Gasteiger partial charge is 0.497 e. The maximum atomic E-state index is 14.7. The van der Waals surface area contributed by atoms with Crippen LogP contribution in [-0.2, 0) is 12.8 Å². The van der Waals surface area contributed by atoms with Crippen molar-refractivity contribution in [3.63, 3.8) is 0 Å². The van der Waals surface area contributed by atoms with Gasteiger partial charge in [-0.25, -0.2) is 13.6 Å². The molecule has 4 aromatic rings. The summed E-state index contributed by atoms with van der Waals surface area (Å²) in [5.74, 6) is -2.24. The van der Waals surface area contributed by atoms with Gasteiger partial charge < -0.3 is 19.8 Å². The standard InChI is InChI=1S/C26H21F2NO5/c1-33-20-8-4-17(5-9-20)13-21-22(27)14-18(15-23(21)28)12-16-2-6-19(7-3-16)26(32)34-29-24(30)10-11-25(29)31/h2-11,14-15,30-31H,12-13H2,1H3. The van der Waals surface area contributed by atoms with Gasteiger partial charge in [0.25, 0.3) is 0 Å². The number of ether oxygens (including phenoxy) is 1. The zero-order valence-electron chi connectivity index (χ0n) is 18.2. The molecule has 1 aromatic heterocycles. The first-order valence-electron chi connectivity index (χ1n) is 10.3.